The van der Waals surface area contributed by atoms with E-state index in [9.17, 15) is 27.5 Å². The van der Waals surface area contributed by atoms with Gasteiger partial charge in [0.25, 0.3) is 5.91 Å². The molecule has 4 N–H and O–H groups in total. The van der Waals surface area contributed by atoms with Gasteiger partial charge in [-0.3, -0.25) is 4.79 Å². The van der Waals surface area contributed by atoms with Gasteiger partial charge in [0, 0.05) is 37.9 Å². The van der Waals surface area contributed by atoms with Crippen LogP contribution in [0.15, 0.2) is 54.5 Å². The van der Waals surface area contributed by atoms with E-state index in [0.29, 0.717) is 24.9 Å². The summed E-state index contributed by atoms with van der Waals surface area (Å²) in [7, 11) is 1.41. The number of anilines is 1. The van der Waals surface area contributed by atoms with E-state index >= 15 is 0 Å². The maximum Gasteiger partial charge on any atom is 0.418 e. The smallest absolute Gasteiger partial charge is 0.388 e. The monoisotopic (exact) mass is 560 g/mol. The number of nitrogen functional groups attached to an aromatic ring is 1. The number of piperidine rings is 1. The van der Waals surface area contributed by atoms with Crippen LogP contribution in [0.4, 0.5) is 23.4 Å². The number of carbonyl (C=O) groups excluding carboxylic acids is 1. The third kappa shape index (κ3) is 4.90. The number of ether oxygens (including phenoxy) is 1. The van der Waals surface area contributed by atoms with Gasteiger partial charge in [0.1, 0.15) is 17.7 Å². The van der Waals surface area contributed by atoms with Gasteiger partial charge >= 0.3 is 6.18 Å². The topological polar surface area (TPSA) is 118 Å². The van der Waals surface area contributed by atoms with Crippen molar-refractivity contribution in [3.05, 3.63) is 77.1 Å². The molecule has 0 radical (unpaired) electrons. The average molecular weight is 561 g/mol. The third-order valence-corrected chi connectivity index (χ3v) is 7.54. The van der Waals surface area contributed by atoms with E-state index in [1.807, 2.05) is 0 Å². The number of benzene rings is 1. The zero-order valence-electron chi connectivity index (χ0n) is 21.7. The van der Waals surface area contributed by atoms with Crippen molar-refractivity contribution in [1.29, 1.82) is 0 Å². The molecule has 1 saturated heterocycles. The minimum absolute atomic E-state index is 0.0515. The molecule has 5 rings (SSSR count). The summed E-state index contributed by atoms with van der Waals surface area (Å²) in [6.45, 7) is 2.28. The number of methoxy groups -OCH3 is 1. The Bertz CT molecular complexity index is 1500. The highest BCUT2D eigenvalue weighted by atomic mass is 19.4. The third-order valence-electron chi connectivity index (χ3n) is 7.54. The second-order valence-electron chi connectivity index (χ2n) is 10.0. The van der Waals surface area contributed by atoms with Crippen LogP contribution in [0.25, 0.3) is 11.1 Å². The van der Waals surface area contributed by atoms with E-state index < -0.39 is 35.3 Å². The fourth-order valence-electron chi connectivity index (χ4n) is 5.25. The van der Waals surface area contributed by atoms with E-state index in [1.54, 1.807) is 11.8 Å². The first kappa shape index (κ1) is 27.6. The number of dihydropyridines is 1. The van der Waals surface area contributed by atoms with Crippen LogP contribution >= 0.6 is 0 Å². The molecule has 4 heterocycles. The van der Waals surface area contributed by atoms with Gasteiger partial charge in [0.2, 0.25) is 0 Å². The van der Waals surface area contributed by atoms with Crippen molar-refractivity contribution in [2.45, 2.75) is 37.8 Å². The van der Waals surface area contributed by atoms with Gasteiger partial charge in [-0.05, 0) is 49.6 Å². The minimum Gasteiger partial charge on any atom is -0.388 e. The van der Waals surface area contributed by atoms with Crippen LogP contribution in [-0.2, 0) is 15.7 Å². The number of nitrogens with zero attached hydrogens (tertiary/aromatic N) is 4. The minimum atomic E-state index is -4.72. The number of nitrogens with one attached hydrogen (secondary N) is 1. The molecule has 1 amide bonds. The lowest BCUT2D eigenvalue weighted by Gasteiger charge is -2.40. The highest BCUT2D eigenvalue weighted by Crippen LogP contribution is 2.39. The molecule has 3 unspecified atom stereocenters. The number of amides is 1. The summed E-state index contributed by atoms with van der Waals surface area (Å²) in [4.78, 5) is 19.2. The lowest BCUT2D eigenvalue weighted by Crippen LogP contribution is -2.52. The molecule has 0 saturated carbocycles. The number of nitrogens with two attached hydrogens (primary N) is 1. The van der Waals surface area contributed by atoms with E-state index in [4.69, 9.17) is 10.5 Å². The lowest BCUT2D eigenvalue weighted by molar-refractivity contribution is -0.136. The van der Waals surface area contributed by atoms with Crippen molar-refractivity contribution in [2.24, 2.45) is 5.92 Å². The molecule has 2 aliphatic heterocycles. The summed E-state index contributed by atoms with van der Waals surface area (Å²) < 4.78 is 61.6. The van der Waals surface area contributed by atoms with Crippen LogP contribution in [0.1, 0.15) is 42.7 Å². The molecule has 0 bridgehead atoms. The molecular formula is C27H28F4N6O3. The van der Waals surface area contributed by atoms with Gasteiger partial charge in [-0.2, -0.15) is 18.3 Å². The number of aliphatic hydroxyl groups is 1. The second-order valence-corrected chi connectivity index (χ2v) is 10.0. The molecule has 1 aromatic carbocycles. The van der Waals surface area contributed by atoms with E-state index in [-0.39, 0.29) is 40.6 Å². The number of likely N-dealkylation sites (tertiary alicyclic amines) is 1. The van der Waals surface area contributed by atoms with Crippen LogP contribution in [-0.4, -0.2) is 56.4 Å². The van der Waals surface area contributed by atoms with Gasteiger partial charge in [-0.15, -0.1) is 0 Å². The first-order chi connectivity index (χ1) is 18.9. The summed E-state index contributed by atoms with van der Waals surface area (Å²) in [5.74, 6) is -1.45. The van der Waals surface area contributed by atoms with Gasteiger partial charge in [-0.1, -0.05) is 12.1 Å². The number of aliphatic hydroxyl groups excluding tert-OH is 1. The Labute approximate surface area is 226 Å². The normalized spacial score (nSPS) is 22.5. The van der Waals surface area contributed by atoms with Gasteiger partial charge in [0.15, 0.2) is 11.5 Å². The molecular weight excluding hydrogens is 532 g/mol. The fraction of sp³-hybridized carbons (Fsp3) is 0.370. The highest BCUT2D eigenvalue weighted by Gasteiger charge is 2.41. The number of fused-ring (bicyclic) bond motifs is 1. The Balaban J connectivity index is 1.48. The molecule has 1 fully saturated rings. The Morgan fingerprint density at radius 2 is 2.02 bits per heavy atom. The molecule has 3 atom stereocenters. The van der Waals surface area contributed by atoms with E-state index in [0.717, 1.165) is 16.9 Å². The molecule has 2 aromatic heterocycles. The van der Waals surface area contributed by atoms with Crippen molar-refractivity contribution in [3.63, 3.8) is 0 Å². The van der Waals surface area contributed by atoms with Gasteiger partial charge in [0.05, 0.1) is 22.9 Å². The van der Waals surface area contributed by atoms with Crippen LogP contribution in [0, 0.1) is 11.7 Å². The number of allylic oxidation sites excluding steroid dienone is 2. The Morgan fingerprint density at radius 1 is 1.30 bits per heavy atom. The Kier molecular flexibility index (Phi) is 7.04. The molecule has 13 heteroatoms. The number of rotatable bonds is 5. The first-order valence-electron chi connectivity index (χ1n) is 12.6. The SMILES string of the molecule is COC1(C)NC=C(c2cc(C(F)(F)F)c3c(N)ncnn23)C=C1C(=O)N1CCCC(C(O)c2ccc(F)cc2)C1. The van der Waals surface area contributed by atoms with Gasteiger partial charge < -0.3 is 25.8 Å². The molecule has 9 nitrogen and oxygen atoms in total. The molecule has 3 aromatic rings. The molecule has 212 valence electrons. The number of hydrogen-bond donors (Lipinski definition) is 3. The lowest BCUT2D eigenvalue weighted by atomic mass is 9.87. The second kappa shape index (κ2) is 10.2. The van der Waals surface area contributed by atoms with Gasteiger partial charge in [-0.25, -0.2) is 13.9 Å². The van der Waals surface area contributed by atoms with Crippen molar-refractivity contribution >= 4 is 22.8 Å². The standard InChI is InChI=1S/C27H28F4N6O3/c1-26(40-2)20(25(39)36-9-3-4-16(13-36)23(38)15-5-7-18(28)8-6-15)10-17(12-34-26)21-11-19(27(29,30)31)22-24(32)33-14-35-37(21)22/h5-8,10-12,14,16,23,34,38H,3-4,9,13H2,1-2H3,(H2,32,33,35). The molecule has 0 aliphatic carbocycles. The van der Waals surface area contributed by atoms with Crippen molar-refractivity contribution in [3.8, 4) is 0 Å². The zero-order chi connectivity index (χ0) is 28.8. The summed E-state index contributed by atoms with van der Waals surface area (Å²) in [6.07, 6.45) is -0.363. The van der Waals surface area contributed by atoms with E-state index in [2.05, 4.69) is 15.4 Å². The summed E-state index contributed by atoms with van der Waals surface area (Å²) >= 11 is 0. The maximum absolute atomic E-state index is 13.9. The number of alkyl halides is 3. The molecule has 0 spiro atoms. The number of carbonyl (C=O) groups is 1. The fourth-order valence-corrected chi connectivity index (χ4v) is 5.25. The maximum atomic E-state index is 13.9. The van der Waals surface area contributed by atoms with Crippen LogP contribution in [0.5, 0.6) is 0 Å². The van der Waals surface area contributed by atoms with Crippen LogP contribution in [0.3, 0.4) is 0 Å². The average Bonchev–Trinajstić information content (AvgIpc) is 3.35. The molecule has 40 heavy (non-hydrogen) atoms. The number of aromatic nitrogens is 3. The quantitative estimate of drug-likeness (QED) is 0.408. The number of hydrogen-bond acceptors (Lipinski definition) is 7. The predicted octanol–water partition coefficient (Wildman–Crippen LogP) is 3.67. The molecule has 2 aliphatic rings. The summed E-state index contributed by atoms with van der Waals surface area (Å²) in [5, 5.41) is 17.9. The first-order valence-corrected chi connectivity index (χ1v) is 12.6. The van der Waals surface area contributed by atoms with Crippen molar-refractivity contribution in [1.82, 2.24) is 24.8 Å². The Hall–Kier alpha value is -3.97. The highest BCUT2D eigenvalue weighted by molar-refractivity contribution is 5.99. The van der Waals surface area contributed by atoms with Crippen molar-refractivity contribution < 1.29 is 32.2 Å². The summed E-state index contributed by atoms with van der Waals surface area (Å²) in [5.41, 5.74) is 4.12. The number of halogens is 4. The summed E-state index contributed by atoms with van der Waals surface area (Å²) in [6, 6.07) is 6.49. The largest absolute Gasteiger partial charge is 0.418 e. The van der Waals surface area contributed by atoms with Crippen LogP contribution < -0.4 is 11.1 Å². The van der Waals surface area contributed by atoms with Crippen molar-refractivity contribution in [2.75, 3.05) is 25.9 Å². The predicted molar refractivity (Wildman–Crippen MR) is 138 cm³/mol. The van der Waals surface area contributed by atoms with E-state index in [1.165, 1.54) is 43.7 Å². The zero-order valence-corrected chi connectivity index (χ0v) is 21.7. The Morgan fingerprint density at radius 3 is 2.70 bits per heavy atom. The van der Waals surface area contributed by atoms with Crippen LogP contribution in [0.2, 0.25) is 0 Å².